The second-order valence-electron chi connectivity index (χ2n) is 4.88. The summed E-state index contributed by atoms with van der Waals surface area (Å²) in [6, 6.07) is 17.8. The van der Waals surface area contributed by atoms with Gasteiger partial charge in [-0.05, 0) is 49.2 Å². The number of unbranched alkanes of at least 4 members (excludes halogenated alkanes) is 1. The first-order valence-corrected chi connectivity index (χ1v) is 7.08. The van der Waals surface area contributed by atoms with Crippen molar-refractivity contribution < 1.29 is 4.74 Å². The van der Waals surface area contributed by atoms with Gasteiger partial charge in [0.15, 0.2) is 0 Å². The standard InChI is InChI=1S/C17H22N2O.ClH/c18-12-5-4-11-17(19)14-7-6-10-16(13-14)20-15-8-2-1-3-9-15;/h1-3,6-10,13,17H,4-5,11-12,18-19H2;1H/t17-;/m0./s1. The van der Waals surface area contributed by atoms with Gasteiger partial charge in [0.1, 0.15) is 11.5 Å². The summed E-state index contributed by atoms with van der Waals surface area (Å²) in [5.74, 6) is 1.66. The van der Waals surface area contributed by atoms with Crippen LogP contribution in [-0.4, -0.2) is 6.54 Å². The lowest BCUT2D eigenvalue weighted by molar-refractivity contribution is 0.480. The van der Waals surface area contributed by atoms with Crippen molar-refractivity contribution in [2.24, 2.45) is 11.5 Å². The fourth-order valence-corrected chi connectivity index (χ4v) is 2.11. The molecule has 1 atom stereocenters. The average Bonchev–Trinajstić information content (AvgIpc) is 2.49. The third-order valence-corrected chi connectivity index (χ3v) is 3.23. The number of ether oxygens (including phenoxy) is 1. The molecule has 0 saturated carbocycles. The van der Waals surface area contributed by atoms with Crippen LogP contribution in [0.5, 0.6) is 11.5 Å². The van der Waals surface area contributed by atoms with E-state index in [4.69, 9.17) is 16.2 Å². The lowest BCUT2D eigenvalue weighted by atomic mass is 10.0. The van der Waals surface area contributed by atoms with Crippen molar-refractivity contribution in [3.63, 3.8) is 0 Å². The maximum atomic E-state index is 6.20. The lowest BCUT2D eigenvalue weighted by Crippen LogP contribution is -2.11. The third kappa shape index (κ3) is 5.76. The van der Waals surface area contributed by atoms with Gasteiger partial charge in [0, 0.05) is 6.04 Å². The zero-order chi connectivity index (χ0) is 14.2. The molecule has 0 aliphatic carbocycles. The van der Waals surface area contributed by atoms with Gasteiger partial charge in [-0.2, -0.15) is 0 Å². The number of rotatable bonds is 7. The van der Waals surface area contributed by atoms with E-state index < -0.39 is 0 Å². The first kappa shape index (κ1) is 17.5. The van der Waals surface area contributed by atoms with Gasteiger partial charge in [-0.25, -0.2) is 0 Å². The van der Waals surface area contributed by atoms with Crippen LogP contribution in [0.3, 0.4) is 0 Å². The van der Waals surface area contributed by atoms with E-state index in [-0.39, 0.29) is 18.4 Å². The average molecular weight is 307 g/mol. The SMILES string of the molecule is Cl.NCCCC[C@H](N)c1cccc(Oc2ccccc2)c1. The summed E-state index contributed by atoms with van der Waals surface area (Å²) in [5, 5.41) is 0. The molecule has 4 N–H and O–H groups in total. The molecule has 4 heteroatoms. The maximum absolute atomic E-state index is 6.20. The Bertz CT molecular complexity index is 519. The summed E-state index contributed by atoms with van der Waals surface area (Å²) in [6.07, 6.45) is 3.03. The molecular formula is C17H23ClN2O. The molecule has 0 aromatic heterocycles. The predicted octanol–water partition coefficient (Wildman–Crippen LogP) is 4.03. The van der Waals surface area contributed by atoms with E-state index in [2.05, 4.69) is 0 Å². The second-order valence-corrected chi connectivity index (χ2v) is 4.88. The molecule has 2 aromatic carbocycles. The summed E-state index contributed by atoms with van der Waals surface area (Å²) in [4.78, 5) is 0. The zero-order valence-corrected chi connectivity index (χ0v) is 12.9. The van der Waals surface area contributed by atoms with Crippen molar-refractivity contribution in [2.45, 2.75) is 25.3 Å². The number of hydrogen-bond acceptors (Lipinski definition) is 3. The fraction of sp³-hybridized carbons (Fsp3) is 0.294. The maximum Gasteiger partial charge on any atom is 0.127 e. The van der Waals surface area contributed by atoms with Gasteiger partial charge >= 0.3 is 0 Å². The van der Waals surface area contributed by atoms with E-state index in [0.29, 0.717) is 0 Å². The molecule has 21 heavy (non-hydrogen) atoms. The predicted molar refractivity (Wildman–Crippen MR) is 90.0 cm³/mol. The van der Waals surface area contributed by atoms with Gasteiger partial charge in [0.2, 0.25) is 0 Å². The Morgan fingerprint density at radius 1 is 0.905 bits per heavy atom. The van der Waals surface area contributed by atoms with E-state index in [1.54, 1.807) is 0 Å². The highest BCUT2D eigenvalue weighted by Gasteiger charge is 2.07. The molecule has 0 fully saturated rings. The van der Waals surface area contributed by atoms with Crippen molar-refractivity contribution >= 4 is 12.4 Å². The molecule has 0 radical (unpaired) electrons. The second kappa shape index (κ2) is 9.40. The van der Waals surface area contributed by atoms with Crippen LogP contribution in [0, 0.1) is 0 Å². The molecule has 0 saturated heterocycles. The molecule has 0 bridgehead atoms. The van der Waals surface area contributed by atoms with Crippen LogP contribution in [-0.2, 0) is 0 Å². The van der Waals surface area contributed by atoms with Gasteiger partial charge in [-0.15, -0.1) is 12.4 Å². The summed E-state index contributed by atoms with van der Waals surface area (Å²) < 4.78 is 5.82. The number of nitrogens with two attached hydrogens (primary N) is 2. The quantitative estimate of drug-likeness (QED) is 0.759. The largest absolute Gasteiger partial charge is 0.457 e. The molecule has 0 heterocycles. The van der Waals surface area contributed by atoms with Crippen LogP contribution in [0.2, 0.25) is 0 Å². The van der Waals surface area contributed by atoms with Gasteiger partial charge in [-0.1, -0.05) is 36.8 Å². The van der Waals surface area contributed by atoms with Crippen molar-refractivity contribution in [1.82, 2.24) is 0 Å². The molecular weight excluding hydrogens is 284 g/mol. The Kier molecular flexibility index (Phi) is 7.83. The topological polar surface area (TPSA) is 61.3 Å². The van der Waals surface area contributed by atoms with E-state index >= 15 is 0 Å². The molecule has 114 valence electrons. The van der Waals surface area contributed by atoms with Crippen LogP contribution < -0.4 is 16.2 Å². The summed E-state index contributed by atoms with van der Waals surface area (Å²) in [6.45, 7) is 0.726. The molecule has 2 aromatic rings. The van der Waals surface area contributed by atoms with Crippen LogP contribution in [0.1, 0.15) is 30.9 Å². The van der Waals surface area contributed by atoms with Gasteiger partial charge in [0.25, 0.3) is 0 Å². The highest BCUT2D eigenvalue weighted by Crippen LogP contribution is 2.25. The molecule has 3 nitrogen and oxygen atoms in total. The molecule has 0 spiro atoms. The highest BCUT2D eigenvalue weighted by atomic mass is 35.5. The summed E-state index contributed by atoms with van der Waals surface area (Å²) in [7, 11) is 0. The Morgan fingerprint density at radius 2 is 1.62 bits per heavy atom. The van der Waals surface area contributed by atoms with Crippen molar-refractivity contribution in [3.8, 4) is 11.5 Å². The Hall–Kier alpha value is -1.55. The Balaban J connectivity index is 0.00000220. The van der Waals surface area contributed by atoms with E-state index in [9.17, 15) is 0 Å². The normalized spacial score (nSPS) is 11.5. The van der Waals surface area contributed by atoms with Crippen LogP contribution >= 0.6 is 12.4 Å². The first-order valence-electron chi connectivity index (χ1n) is 7.08. The smallest absolute Gasteiger partial charge is 0.127 e. The number of benzene rings is 2. The molecule has 0 amide bonds. The third-order valence-electron chi connectivity index (χ3n) is 3.23. The van der Waals surface area contributed by atoms with E-state index in [0.717, 1.165) is 42.9 Å². The summed E-state index contributed by atoms with van der Waals surface area (Å²) >= 11 is 0. The van der Waals surface area contributed by atoms with Gasteiger partial charge in [0.05, 0.1) is 0 Å². The minimum absolute atomic E-state index is 0. The highest BCUT2D eigenvalue weighted by molar-refractivity contribution is 5.85. The fourth-order valence-electron chi connectivity index (χ4n) is 2.11. The van der Waals surface area contributed by atoms with Gasteiger partial charge in [-0.3, -0.25) is 0 Å². The Morgan fingerprint density at radius 3 is 2.33 bits per heavy atom. The van der Waals surface area contributed by atoms with Crippen molar-refractivity contribution in [3.05, 3.63) is 60.2 Å². The first-order chi connectivity index (χ1) is 9.79. The molecule has 2 rings (SSSR count). The van der Waals surface area contributed by atoms with Crippen molar-refractivity contribution in [1.29, 1.82) is 0 Å². The molecule has 0 aliphatic rings. The molecule has 0 unspecified atom stereocenters. The minimum atomic E-state index is 0. The number of para-hydroxylation sites is 1. The molecule has 0 aliphatic heterocycles. The monoisotopic (exact) mass is 306 g/mol. The number of halogens is 1. The van der Waals surface area contributed by atoms with Crippen LogP contribution in [0.25, 0.3) is 0 Å². The Labute approximate surface area is 132 Å². The van der Waals surface area contributed by atoms with Crippen LogP contribution in [0.15, 0.2) is 54.6 Å². The van der Waals surface area contributed by atoms with E-state index in [1.165, 1.54) is 0 Å². The van der Waals surface area contributed by atoms with E-state index in [1.807, 2.05) is 54.6 Å². The lowest BCUT2D eigenvalue weighted by Gasteiger charge is -2.13. The van der Waals surface area contributed by atoms with Crippen molar-refractivity contribution in [2.75, 3.05) is 6.54 Å². The zero-order valence-electron chi connectivity index (χ0n) is 12.1. The number of hydrogen-bond donors (Lipinski definition) is 2. The summed E-state index contributed by atoms with van der Waals surface area (Å²) in [5.41, 5.74) is 12.8. The van der Waals surface area contributed by atoms with Gasteiger partial charge < -0.3 is 16.2 Å². The minimum Gasteiger partial charge on any atom is -0.457 e. The van der Waals surface area contributed by atoms with Crippen LogP contribution in [0.4, 0.5) is 0 Å².